The van der Waals surface area contributed by atoms with Gasteiger partial charge in [-0.2, -0.15) is 0 Å². The fourth-order valence-electron chi connectivity index (χ4n) is 0.741. The fraction of sp³-hybridized carbons (Fsp3) is 0.444. The first-order valence-electron chi connectivity index (χ1n) is 3.66. The second-order valence-electron chi connectivity index (χ2n) is 2.04. The summed E-state index contributed by atoms with van der Waals surface area (Å²) in [6.07, 6.45) is 8.08. The van der Waals surface area contributed by atoms with Crippen LogP contribution in [0.5, 0.6) is 0 Å². The van der Waals surface area contributed by atoms with E-state index in [9.17, 15) is 0 Å². The normalized spacial score (nSPS) is 12.4. The summed E-state index contributed by atoms with van der Waals surface area (Å²) in [4.78, 5) is 3.63. The Morgan fingerprint density at radius 1 is 1.50 bits per heavy atom. The van der Waals surface area contributed by atoms with E-state index in [-0.39, 0.29) is 0 Å². The van der Waals surface area contributed by atoms with Crippen LogP contribution < -0.4 is 0 Å². The van der Waals surface area contributed by atoms with Crippen molar-refractivity contribution in [1.82, 2.24) is 0 Å². The van der Waals surface area contributed by atoms with Crippen LogP contribution in [0.2, 0.25) is 0 Å². The SMILES string of the molecule is C=N/C=C\C(=C\CC)CC. The molecular weight excluding hydrogens is 122 g/mol. The molecule has 0 aliphatic heterocycles. The van der Waals surface area contributed by atoms with Gasteiger partial charge in [0.15, 0.2) is 0 Å². The number of hydrogen-bond donors (Lipinski definition) is 0. The maximum Gasteiger partial charge on any atom is 0.0263 e. The molecule has 0 heterocycles. The van der Waals surface area contributed by atoms with Gasteiger partial charge in [-0.3, -0.25) is 4.99 Å². The van der Waals surface area contributed by atoms with Gasteiger partial charge in [-0.15, -0.1) is 0 Å². The van der Waals surface area contributed by atoms with E-state index in [1.54, 1.807) is 6.20 Å². The van der Waals surface area contributed by atoms with Gasteiger partial charge in [0, 0.05) is 6.20 Å². The molecule has 56 valence electrons. The van der Waals surface area contributed by atoms with Crippen LogP contribution in [0.15, 0.2) is 28.9 Å². The van der Waals surface area contributed by atoms with Crippen molar-refractivity contribution in [3.8, 4) is 0 Å². The lowest BCUT2D eigenvalue weighted by atomic mass is 10.2. The maximum atomic E-state index is 3.63. The zero-order chi connectivity index (χ0) is 7.82. The molecule has 10 heavy (non-hydrogen) atoms. The highest BCUT2D eigenvalue weighted by Gasteiger charge is 1.83. The molecule has 0 amide bonds. The van der Waals surface area contributed by atoms with E-state index >= 15 is 0 Å². The van der Waals surface area contributed by atoms with Gasteiger partial charge in [0.1, 0.15) is 0 Å². The predicted molar refractivity (Wildman–Crippen MR) is 47.4 cm³/mol. The third-order valence-electron chi connectivity index (χ3n) is 1.27. The lowest BCUT2D eigenvalue weighted by Crippen LogP contribution is -1.72. The molecule has 0 fully saturated rings. The molecule has 1 heteroatoms. The minimum atomic E-state index is 1.07. The van der Waals surface area contributed by atoms with Crippen LogP contribution in [0.1, 0.15) is 26.7 Å². The first-order chi connectivity index (χ1) is 4.85. The summed E-state index contributed by atoms with van der Waals surface area (Å²) in [7, 11) is 0. The van der Waals surface area contributed by atoms with Crippen LogP contribution in [0.3, 0.4) is 0 Å². The van der Waals surface area contributed by atoms with Crippen molar-refractivity contribution in [2.75, 3.05) is 0 Å². The van der Waals surface area contributed by atoms with Crippen LogP contribution in [0.4, 0.5) is 0 Å². The van der Waals surface area contributed by atoms with Gasteiger partial charge in [0.2, 0.25) is 0 Å². The summed E-state index contributed by atoms with van der Waals surface area (Å²) in [5.74, 6) is 0. The smallest absolute Gasteiger partial charge is 0.0263 e. The maximum absolute atomic E-state index is 3.63. The van der Waals surface area contributed by atoms with Gasteiger partial charge >= 0.3 is 0 Å². The second kappa shape index (κ2) is 6.27. The molecule has 0 spiro atoms. The minimum absolute atomic E-state index is 1.07. The Kier molecular flexibility index (Phi) is 5.74. The van der Waals surface area contributed by atoms with Gasteiger partial charge in [-0.1, -0.05) is 25.5 Å². The summed E-state index contributed by atoms with van der Waals surface area (Å²) in [6, 6.07) is 0. The van der Waals surface area contributed by atoms with Crippen LogP contribution >= 0.6 is 0 Å². The fourth-order valence-corrected chi connectivity index (χ4v) is 0.741. The van der Waals surface area contributed by atoms with E-state index in [0.717, 1.165) is 12.8 Å². The largest absolute Gasteiger partial charge is 0.273 e. The summed E-state index contributed by atoms with van der Waals surface area (Å²) < 4.78 is 0. The number of allylic oxidation sites excluding steroid dienone is 3. The number of rotatable bonds is 4. The van der Waals surface area contributed by atoms with E-state index in [4.69, 9.17) is 0 Å². The molecule has 0 rings (SSSR count). The molecule has 0 N–H and O–H groups in total. The number of hydrogen-bond acceptors (Lipinski definition) is 1. The van der Waals surface area contributed by atoms with Gasteiger partial charge < -0.3 is 0 Å². The van der Waals surface area contributed by atoms with Crippen LogP contribution in [-0.4, -0.2) is 6.72 Å². The molecule has 0 aliphatic rings. The third-order valence-corrected chi connectivity index (χ3v) is 1.27. The standard InChI is InChI=1S/C9H15N/c1-4-6-9(5-2)7-8-10-3/h6-8H,3-5H2,1-2H3/b8-7-,9-6+. The molecular formula is C9H15N. The predicted octanol–water partition coefficient (Wildman–Crippen LogP) is 2.95. The molecule has 0 radical (unpaired) electrons. The monoisotopic (exact) mass is 137 g/mol. The Morgan fingerprint density at radius 2 is 2.20 bits per heavy atom. The van der Waals surface area contributed by atoms with Crippen LogP contribution in [0.25, 0.3) is 0 Å². The molecule has 0 atom stereocenters. The van der Waals surface area contributed by atoms with E-state index in [2.05, 4.69) is 31.6 Å². The van der Waals surface area contributed by atoms with E-state index < -0.39 is 0 Å². The summed E-state index contributed by atoms with van der Waals surface area (Å²) in [6.45, 7) is 7.63. The lowest BCUT2D eigenvalue weighted by Gasteiger charge is -1.92. The van der Waals surface area contributed by atoms with Crippen LogP contribution in [-0.2, 0) is 0 Å². The van der Waals surface area contributed by atoms with Gasteiger partial charge in [0.25, 0.3) is 0 Å². The van der Waals surface area contributed by atoms with E-state index in [0.29, 0.717) is 0 Å². The first kappa shape index (κ1) is 9.15. The Morgan fingerprint density at radius 3 is 2.60 bits per heavy atom. The Balaban J connectivity index is 3.94. The highest BCUT2D eigenvalue weighted by atomic mass is 14.6. The molecule has 0 aromatic rings. The van der Waals surface area contributed by atoms with Crippen molar-refractivity contribution in [2.45, 2.75) is 26.7 Å². The molecule has 0 aliphatic carbocycles. The zero-order valence-electron chi connectivity index (χ0n) is 6.80. The first-order valence-corrected chi connectivity index (χ1v) is 3.66. The number of aliphatic imine (C=N–C) groups is 1. The van der Waals surface area contributed by atoms with E-state index in [1.165, 1.54) is 5.57 Å². The van der Waals surface area contributed by atoms with Crippen molar-refractivity contribution >= 4 is 6.72 Å². The summed E-state index contributed by atoms with van der Waals surface area (Å²) in [5.41, 5.74) is 1.33. The highest BCUT2D eigenvalue weighted by Crippen LogP contribution is 2.03. The average molecular weight is 137 g/mol. The van der Waals surface area contributed by atoms with Crippen molar-refractivity contribution in [2.24, 2.45) is 4.99 Å². The zero-order valence-corrected chi connectivity index (χ0v) is 6.80. The molecule has 0 saturated heterocycles. The quantitative estimate of drug-likeness (QED) is 0.417. The highest BCUT2D eigenvalue weighted by molar-refractivity contribution is 5.27. The molecule has 0 bridgehead atoms. The van der Waals surface area contributed by atoms with Crippen molar-refractivity contribution in [3.63, 3.8) is 0 Å². The van der Waals surface area contributed by atoms with E-state index in [1.807, 2.05) is 6.08 Å². The molecule has 1 nitrogen and oxygen atoms in total. The number of nitrogens with zero attached hydrogens (tertiary/aromatic N) is 1. The molecule has 0 aromatic carbocycles. The Hall–Kier alpha value is -0.850. The topological polar surface area (TPSA) is 12.4 Å². The lowest BCUT2D eigenvalue weighted by molar-refractivity contribution is 1.10. The van der Waals surface area contributed by atoms with Crippen molar-refractivity contribution in [3.05, 3.63) is 23.9 Å². The summed E-state index contributed by atoms with van der Waals surface area (Å²) >= 11 is 0. The van der Waals surface area contributed by atoms with Gasteiger partial charge in [-0.05, 0) is 25.6 Å². The van der Waals surface area contributed by atoms with Crippen LogP contribution in [0, 0.1) is 0 Å². The van der Waals surface area contributed by atoms with Gasteiger partial charge in [-0.25, -0.2) is 0 Å². The molecule has 0 aromatic heterocycles. The molecule has 0 unspecified atom stereocenters. The average Bonchev–Trinajstić information content (AvgIpc) is 1.98. The molecule has 0 saturated carbocycles. The second-order valence-corrected chi connectivity index (χ2v) is 2.04. The van der Waals surface area contributed by atoms with Crippen molar-refractivity contribution < 1.29 is 0 Å². The minimum Gasteiger partial charge on any atom is -0.273 e. The van der Waals surface area contributed by atoms with Gasteiger partial charge in [0.05, 0.1) is 0 Å². The summed E-state index contributed by atoms with van der Waals surface area (Å²) in [5, 5.41) is 0. The van der Waals surface area contributed by atoms with Crippen molar-refractivity contribution in [1.29, 1.82) is 0 Å². The Labute approximate surface area is 63.2 Å². The third kappa shape index (κ3) is 4.07. The Bertz CT molecular complexity index is 140.